The number of amides is 1. The zero-order chi connectivity index (χ0) is 20.1. The molecule has 0 radical (unpaired) electrons. The van der Waals surface area contributed by atoms with Crippen LogP contribution in [0.2, 0.25) is 0 Å². The predicted octanol–water partition coefficient (Wildman–Crippen LogP) is 3.62. The molecule has 1 fully saturated rings. The van der Waals surface area contributed by atoms with Crippen molar-refractivity contribution in [3.63, 3.8) is 0 Å². The van der Waals surface area contributed by atoms with E-state index in [1.54, 1.807) is 6.07 Å². The SMILES string of the molecule is Cc1cccc(Nc2cc(C(=O)Nc3ccccc3N3CCOCC3)ncn2)c1. The molecule has 1 aliphatic rings. The Hall–Kier alpha value is -3.45. The van der Waals surface area contributed by atoms with Crippen molar-refractivity contribution in [2.75, 3.05) is 41.8 Å². The zero-order valence-corrected chi connectivity index (χ0v) is 16.3. The van der Waals surface area contributed by atoms with Gasteiger partial charge >= 0.3 is 0 Å². The Labute approximate surface area is 169 Å². The van der Waals surface area contributed by atoms with E-state index in [-0.39, 0.29) is 5.91 Å². The normalized spacial score (nSPS) is 13.8. The standard InChI is InChI=1S/C22H23N5O2/c1-16-5-4-6-17(13-16)25-21-14-19(23-15-24-21)22(28)26-18-7-2-3-8-20(18)27-9-11-29-12-10-27/h2-8,13-15H,9-12H2,1H3,(H,26,28)(H,23,24,25). The minimum Gasteiger partial charge on any atom is -0.378 e. The van der Waals surface area contributed by atoms with Crippen molar-refractivity contribution in [2.24, 2.45) is 0 Å². The van der Waals surface area contributed by atoms with E-state index in [0.717, 1.165) is 35.7 Å². The molecule has 4 rings (SSSR count). The fourth-order valence-electron chi connectivity index (χ4n) is 3.27. The van der Waals surface area contributed by atoms with Crippen molar-refractivity contribution in [3.8, 4) is 0 Å². The molecule has 1 amide bonds. The number of anilines is 4. The number of hydrogen-bond acceptors (Lipinski definition) is 6. The van der Waals surface area contributed by atoms with Gasteiger partial charge in [-0.1, -0.05) is 24.3 Å². The summed E-state index contributed by atoms with van der Waals surface area (Å²) in [5, 5.41) is 6.20. The summed E-state index contributed by atoms with van der Waals surface area (Å²) in [5.74, 6) is 0.289. The molecule has 148 valence electrons. The maximum atomic E-state index is 12.8. The summed E-state index contributed by atoms with van der Waals surface area (Å²) in [5.41, 5.74) is 4.09. The molecule has 0 spiro atoms. The van der Waals surface area contributed by atoms with Gasteiger partial charge in [-0.05, 0) is 36.8 Å². The monoisotopic (exact) mass is 389 g/mol. The summed E-state index contributed by atoms with van der Waals surface area (Å²) in [7, 11) is 0. The summed E-state index contributed by atoms with van der Waals surface area (Å²) >= 11 is 0. The molecule has 1 aromatic heterocycles. The number of hydrogen-bond donors (Lipinski definition) is 2. The molecule has 0 atom stereocenters. The average molecular weight is 389 g/mol. The van der Waals surface area contributed by atoms with Gasteiger partial charge in [-0.15, -0.1) is 0 Å². The molecule has 1 saturated heterocycles. The van der Waals surface area contributed by atoms with Crippen LogP contribution in [0.1, 0.15) is 16.1 Å². The number of ether oxygens (including phenoxy) is 1. The van der Waals surface area contributed by atoms with Gasteiger partial charge in [0.25, 0.3) is 5.91 Å². The number of nitrogens with one attached hydrogen (secondary N) is 2. The van der Waals surface area contributed by atoms with Crippen molar-refractivity contribution in [1.29, 1.82) is 0 Å². The topological polar surface area (TPSA) is 79.4 Å². The second-order valence-electron chi connectivity index (χ2n) is 6.85. The highest BCUT2D eigenvalue weighted by Crippen LogP contribution is 2.27. The summed E-state index contributed by atoms with van der Waals surface area (Å²) in [6, 6.07) is 17.4. The number of rotatable bonds is 5. The molecule has 0 bridgehead atoms. The fraction of sp³-hybridized carbons (Fsp3) is 0.227. The minimum absolute atomic E-state index is 0.277. The molecule has 0 aliphatic carbocycles. The van der Waals surface area contributed by atoms with Gasteiger partial charge in [0.1, 0.15) is 17.8 Å². The van der Waals surface area contributed by atoms with Gasteiger partial charge in [0.15, 0.2) is 0 Å². The molecular weight excluding hydrogens is 366 g/mol. The summed E-state index contributed by atoms with van der Waals surface area (Å²) in [4.78, 5) is 23.4. The number of morpholine rings is 1. The summed E-state index contributed by atoms with van der Waals surface area (Å²) < 4.78 is 5.43. The molecule has 2 heterocycles. The van der Waals surface area contributed by atoms with Gasteiger partial charge in [-0.3, -0.25) is 4.79 Å². The number of aromatic nitrogens is 2. The Morgan fingerprint density at radius 1 is 1.03 bits per heavy atom. The molecule has 29 heavy (non-hydrogen) atoms. The van der Waals surface area contributed by atoms with Crippen LogP contribution >= 0.6 is 0 Å². The van der Waals surface area contributed by atoms with E-state index in [4.69, 9.17) is 4.74 Å². The van der Waals surface area contributed by atoms with E-state index >= 15 is 0 Å². The van der Waals surface area contributed by atoms with Gasteiger partial charge < -0.3 is 20.3 Å². The van der Waals surface area contributed by atoms with Crippen molar-refractivity contribution in [2.45, 2.75) is 6.92 Å². The van der Waals surface area contributed by atoms with Crippen LogP contribution in [0.4, 0.5) is 22.9 Å². The second-order valence-corrected chi connectivity index (χ2v) is 6.85. The van der Waals surface area contributed by atoms with Gasteiger partial charge in [-0.2, -0.15) is 0 Å². The molecule has 2 N–H and O–H groups in total. The summed E-state index contributed by atoms with van der Waals surface area (Å²) in [6.07, 6.45) is 1.39. The maximum absolute atomic E-state index is 12.8. The molecule has 3 aromatic rings. The fourth-order valence-corrected chi connectivity index (χ4v) is 3.27. The molecule has 7 heteroatoms. The van der Waals surface area contributed by atoms with Crippen molar-refractivity contribution in [3.05, 3.63) is 72.2 Å². The first-order valence-electron chi connectivity index (χ1n) is 9.58. The highest BCUT2D eigenvalue weighted by atomic mass is 16.5. The molecule has 1 aliphatic heterocycles. The van der Waals surface area contributed by atoms with Crippen LogP contribution in [-0.4, -0.2) is 42.2 Å². The molecule has 0 saturated carbocycles. The van der Waals surface area contributed by atoms with Gasteiger partial charge in [0.05, 0.1) is 24.6 Å². The third kappa shape index (κ3) is 4.70. The number of aryl methyl sites for hydroxylation is 1. The lowest BCUT2D eigenvalue weighted by Crippen LogP contribution is -2.36. The smallest absolute Gasteiger partial charge is 0.274 e. The highest BCUT2D eigenvalue weighted by molar-refractivity contribution is 6.05. The van der Waals surface area contributed by atoms with Gasteiger partial charge in [0.2, 0.25) is 0 Å². The van der Waals surface area contributed by atoms with Crippen LogP contribution in [0.25, 0.3) is 0 Å². The Kier molecular flexibility index (Phi) is 5.67. The predicted molar refractivity (Wildman–Crippen MR) is 114 cm³/mol. The maximum Gasteiger partial charge on any atom is 0.274 e. The lowest BCUT2D eigenvalue weighted by Gasteiger charge is -2.30. The number of carbonyl (C=O) groups is 1. The average Bonchev–Trinajstić information content (AvgIpc) is 2.75. The molecular formula is C22H23N5O2. The lowest BCUT2D eigenvalue weighted by atomic mass is 10.2. The van der Waals surface area contributed by atoms with E-state index in [2.05, 4.69) is 25.5 Å². The van der Waals surface area contributed by atoms with Gasteiger partial charge in [0, 0.05) is 24.8 Å². The molecule has 0 unspecified atom stereocenters. The quantitative estimate of drug-likeness (QED) is 0.694. The van der Waals surface area contributed by atoms with Crippen LogP contribution in [0.15, 0.2) is 60.9 Å². The number of nitrogens with zero attached hydrogens (tertiary/aromatic N) is 3. The Bertz CT molecular complexity index is 1000. The van der Waals surface area contributed by atoms with Crippen LogP contribution in [0.5, 0.6) is 0 Å². The van der Waals surface area contributed by atoms with Crippen LogP contribution in [0.3, 0.4) is 0 Å². The van der Waals surface area contributed by atoms with Crippen molar-refractivity contribution >= 4 is 28.8 Å². The van der Waals surface area contributed by atoms with Crippen LogP contribution in [0, 0.1) is 6.92 Å². The Morgan fingerprint density at radius 2 is 1.86 bits per heavy atom. The van der Waals surface area contributed by atoms with Crippen LogP contribution < -0.4 is 15.5 Å². The van der Waals surface area contributed by atoms with Crippen LogP contribution in [-0.2, 0) is 4.74 Å². The number of para-hydroxylation sites is 2. The Morgan fingerprint density at radius 3 is 2.69 bits per heavy atom. The van der Waals surface area contributed by atoms with E-state index in [0.29, 0.717) is 24.7 Å². The first-order chi connectivity index (χ1) is 14.2. The minimum atomic E-state index is -0.277. The highest BCUT2D eigenvalue weighted by Gasteiger charge is 2.17. The van der Waals surface area contributed by atoms with E-state index < -0.39 is 0 Å². The summed E-state index contributed by atoms with van der Waals surface area (Å²) in [6.45, 7) is 4.98. The third-order valence-electron chi connectivity index (χ3n) is 4.69. The van der Waals surface area contributed by atoms with Crippen molar-refractivity contribution in [1.82, 2.24) is 9.97 Å². The molecule has 2 aromatic carbocycles. The largest absolute Gasteiger partial charge is 0.378 e. The first-order valence-corrected chi connectivity index (χ1v) is 9.58. The lowest BCUT2D eigenvalue weighted by molar-refractivity contribution is 0.102. The Balaban J connectivity index is 1.51. The molecule has 7 nitrogen and oxygen atoms in total. The van der Waals surface area contributed by atoms with Crippen molar-refractivity contribution < 1.29 is 9.53 Å². The van der Waals surface area contributed by atoms with E-state index in [1.807, 2.05) is 55.5 Å². The second kappa shape index (κ2) is 8.70. The number of benzene rings is 2. The van der Waals surface area contributed by atoms with E-state index in [9.17, 15) is 4.79 Å². The van der Waals surface area contributed by atoms with E-state index in [1.165, 1.54) is 6.33 Å². The number of carbonyl (C=O) groups excluding carboxylic acids is 1. The van der Waals surface area contributed by atoms with Gasteiger partial charge in [-0.25, -0.2) is 9.97 Å². The zero-order valence-electron chi connectivity index (χ0n) is 16.3. The third-order valence-corrected chi connectivity index (χ3v) is 4.69. The first kappa shape index (κ1) is 18.9.